The van der Waals surface area contributed by atoms with Crippen LogP contribution in [0.3, 0.4) is 0 Å². The fourth-order valence-corrected chi connectivity index (χ4v) is 2.12. The maximum Gasteiger partial charge on any atom is 0.329 e. The molecule has 0 aliphatic carbocycles. The first-order valence-corrected chi connectivity index (χ1v) is 5.83. The SMILES string of the molecule is O=c1[nH]cc(F)c(=O)n1CSc1ccccc1. The molecular weight excluding hydrogens is 243 g/mol. The zero-order chi connectivity index (χ0) is 12.3. The monoisotopic (exact) mass is 252 g/mol. The van der Waals surface area contributed by atoms with Gasteiger partial charge in [-0.25, -0.2) is 9.36 Å². The molecule has 17 heavy (non-hydrogen) atoms. The van der Waals surface area contributed by atoms with Crippen LogP contribution in [-0.2, 0) is 5.88 Å². The van der Waals surface area contributed by atoms with E-state index in [9.17, 15) is 14.0 Å². The van der Waals surface area contributed by atoms with Gasteiger partial charge in [0.2, 0.25) is 5.82 Å². The minimum atomic E-state index is -0.960. The summed E-state index contributed by atoms with van der Waals surface area (Å²) in [6.07, 6.45) is 0.772. The number of hydrogen-bond donors (Lipinski definition) is 1. The van der Waals surface area contributed by atoms with Gasteiger partial charge in [-0.1, -0.05) is 18.2 Å². The molecule has 1 aromatic carbocycles. The van der Waals surface area contributed by atoms with Crippen LogP contribution < -0.4 is 11.2 Å². The number of halogens is 1. The molecule has 0 aliphatic heterocycles. The standard InChI is InChI=1S/C11H9FN2O2S/c12-9-6-13-11(16)14(10(9)15)7-17-8-4-2-1-3-5-8/h1-6H,7H2,(H,13,16). The Morgan fingerprint density at radius 3 is 2.65 bits per heavy atom. The topological polar surface area (TPSA) is 54.9 Å². The maximum atomic E-state index is 13.0. The van der Waals surface area contributed by atoms with E-state index in [4.69, 9.17) is 0 Å². The summed E-state index contributed by atoms with van der Waals surface area (Å²) in [5, 5.41) is 0. The second-order valence-corrected chi connectivity index (χ2v) is 4.28. The van der Waals surface area contributed by atoms with Crippen molar-refractivity contribution in [3.05, 3.63) is 63.2 Å². The molecule has 0 amide bonds. The van der Waals surface area contributed by atoms with Crippen LogP contribution in [0, 0.1) is 5.82 Å². The molecule has 0 atom stereocenters. The maximum absolute atomic E-state index is 13.0. The summed E-state index contributed by atoms with van der Waals surface area (Å²) in [4.78, 5) is 25.8. The zero-order valence-electron chi connectivity index (χ0n) is 8.72. The molecule has 1 aromatic heterocycles. The predicted octanol–water partition coefficient (Wildman–Crippen LogP) is 1.43. The molecule has 0 bridgehead atoms. The van der Waals surface area contributed by atoms with Gasteiger partial charge in [-0.05, 0) is 12.1 Å². The molecule has 4 nitrogen and oxygen atoms in total. The molecule has 2 rings (SSSR count). The number of nitrogens with zero attached hydrogens (tertiary/aromatic N) is 1. The quantitative estimate of drug-likeness (QED) is 0.841. The lowest BCUT2D eigenvalue weighted by molar-refractivity contribution is 0.568. The van der Waals surface area contributed by atoms with Crippen LogP contribution in [0.15, 0.2) is 51.0 Å². The summed E-state index contributed by atoms with van der Waals surface area (Å²) >= 11 is 1.29. The van der Waals surface area contributed by atoms with Gasteiger partial charge in [-0.3, -0.25) is 4.79 Å². The number of rotatable bonds is 3. The average Bonchev–Trinajstić information content (AvgIpc) is 2.35. The zero-order valence-corrected chi connectivity index (χ0v) is 9.54. The first-order chi connectivity index (χ1) is 8.18. The van der Waals surface area contributed by atoms with Crippen LogP contribution >= 0.6 is 11.8 Å². The van der Waals surface area contributed by atoms with Gasteiger partial charge in [0.1, 0.15) is 0 Å². The highest BCUT2D eigenvalue weighted by molar-refractivity contribution is 7.98. The fraction of sp³-hybridized carbons (Fsp3) is 0.0909. The van der Waals surface area contributed by atoms with E-state index in [-0.39, 0.29) is 5.88 Å². The summed E-state index contributed by atoms with van der Waals surface area (Å²) in [5.74, 6) is -0.881. The molecule has 1 heterocycles. The second-order valence-electron chi connectivity index (χ2n) is 3.26. The van der Waals surface area contributed by atoms with Crippen LogP contribution in [0.1, 0.15) is 0 Å². The lowest BCUT2D eigenvalue weighted by atomic mass is 10.4. The number of H-pyrrole nitrogens is 1. The summed E-state index contributed by atoms with van der Waals surface area (Å²) in [7, 11) is 0. The van der Waals surface area contributed by atoms with Crippen molar-refractivity contribution in [1.29, 1.82) is 0 Å². The van der Waals surface area contributed by atoms with E-state index in [1.165, 1.54) is 11.8 Å². The van der Waals surface area contributed by atoms with Crippen molar-refractivity contribution in [2.75, 3.05) is 0 Å². The Labute approximate surface area is 100 Å². The van der Waals surface area contributed by atoms with Crippen molar-refractivity contribution >= 4 is 11.8 Å². The highest BCUT2D eigenvalue weighted by Crippen LogP contribution is 2.17. The van der Waals surface area contributed by atoms with Gasteiger partial charge in [0.05, 0.1) is 5.88 Å². The predicted molar refractivity (Wildman–Crippen MR) is 63.6 cm³/mol. The van der Waals surface area contributed by atoms with Crippen LogP contribution in [0.2, 0.25) is 0 Å². The fourth-order valence-electron chi connectivity index (χ4n) is 1.26. The van der Waals surface area contributed by atoms with Crippen LogP contribution in [-0.4, -0.2) is 9.55 Å². The third kappa shape index (κ3) is 2.65. The van der Waals surface area contributed by atoms with E-state index in [0.717, 1.165) is 15.7 Å². The number of aromatic nitrogens is 2. The number of hydrogen-bond acceptors (Lipinski definition) is 3. The van der Waals surface area contributed by atoms with Gasteiger partial charge in [0, 0.05) is 11.1 Å². The van der Waals surface area contributed by atoms with Crippen LogP contribution in [0.25, 0.3) is 0 Å². The van der Waals surface area contributed by atoms with E-state index in [1.54, 1.807) is 0 Å². The van der Waals surface area contributed by atoms with Crippen molar-refractivity contribution < 1.29 is 4.39 Å². The molecule has 6 heteroatoms. The van der Waals surface area contributed by atoms with Crippen LogP contribution in [0.4, 0.5) is 4.39 Å². The van der Waals surface area contributed by atoms with Gasteiger partial charge in [0.15, 0.2) is 0 Å². The summed E-state index contributed by atoms with van der Waals surface area (Å²) in [6.45, 7) is 0. The Bertz CT molecular complexity index is 621. The van der Waals surface area contributed by atoms with Crippen molar-refractivity contribution in [3.63, 3.8) is 0 Å². The van der Waals surface area contributed by atoms with E-state index in [2.05, 4.69) is 4.98 Å². The Kier molecular flexibility index (Phi) is 3.43. The minimum absolute atomic E-state index is 0.0793. The van der Waals surface area contributed by atoms with Gasteiger partial charge in [0.25, 0.3) is 5.56 Å². The van der Waals surface area contributed by atoms with Crippen LogP contribution in [0.5, 0.6) is 0 Å². The number of thioether (sulfide) groups is 1. The Morgan fingerprint density at radius 2 is 1.94 bits per heavy atom. The first kappa shape index (κ1) is 11.7. The third-order valence-electron chi connectivity index (χ3n) is 2.12. The van der Waals surface area contributed by atoms with Gasteiger partial charge >= 0.3 is 5.69 Å². The highest BCUT2D eigenvalue weighted by atomic mass is 32.2. The van der Waals surface area contributed by atoms with E-state index in [0.29, 0.717) is 0 Å². The summed E-state index contributed by atoms with van der Waals surface area (Å²) in [6, 6.07) is 9.26. The molecule has 0 spiro atoms. The molecule has 0 saturated carbocycles. The Hall–Kier alpha value is -1.82. The lowest BCUT2D eigenvalue weighted by Crippen LogP contribution is -2.35. The number of benzene rings is 1. The highest BCUT2D eigenvalue weighted by Gasteiger charge is 2.06. The molecule has 0 unspecified atom stereocenters. The number of aromatic amines is 1. The Balaban J connectivity index is 2.23. The summed E-state index contributed by atoms with van der Waals surface area (Å²) in [5.41, 5.74) is -1.52. The molecule has 0 fully saturated rings. The molecule has 2 aromatic rings. The van der Waals surface area contributed by atoms with Gasteiger partial charge in [-0.15, -0.1) is 11.8 Å². The largest absolute Gasteiger partial charge is 0.329 e. The number of nitrogens with one attached hydrogen (secondary N) is 1. The van der Waals surface area contributed by atoms with Gasteiger partial charge < -0.3 is 4.98 Å². The van der Waals surface area contributed by atoms with Gasteiger partial charge in [-0.2, -0.15) is 4.39 Å². The van der Waals surface area contributed by atoms with E-state index >= 15 is 0 Å². The molecule has 0 radical (unpaired) electrons. The normalized spacial score (nSPS) is 10.4. The second kappa shape index (κ2) is 5.01. The van der Waals surface area contributed by atoms with Crippen molar-refractivity contribution in [2.45, 2.75) is 10.8 Å². The summed E-state index contributed by atoms with van der Waals surface area (Å²) < 4.78 is 13.8. The molecule has 1 N–H and O–H groups in total. The van der Waals surface area contributed by atoms with Crippen molar-refractivity contribution in [1.82, 2.24) is 9.55 Å². The molecule has 0 saturated heterocycles. The van der Waals surface area contributed by atoms with Crippen molar-refractivity contribution in [3.8, 4) is 0 Å². The average molecular weight is 252 g/mol. The minimum Gasteiger partial charge on any atom is -0.311 e. The van der Waals surface area contributed by atoms with Crippen molar-refractivity contribution in [2.24, 2.45) is 0 Å². The smallest absolute Gasteiger partial charge is 0.311 e. The molecular formula is C11H9FN2O2S. The lowest BCUT2D eigenvalue weighted by Gasteiger charge is -2.03. The van der Waals surface area contributed by atoms with E-state index in [1.807, 2.05) is 30.3 Å². The molecule has 0 aliphatic rings. The first-order valence-electron chi connectivity index (χ1n) is 4.84. The van der Waals surface area contributed by atoms with E-state index < -0.39 is 17.1 Å². The molecule has 88 valence electrons. The third-order valence-corrected chi connectivity index (χ3v) is 3.11. The Morgan fingerprint density at radius 1 is 1.24 bits per heavy atom.